The van der Waals surface area contributed by atoms with Crippen molar-refractivity contribution in [3.63, 3.8) is 0 Å². The lowest BCUT2D eigenvalue weighted by Crippen LogP contribution is -2.50. The number of carbonyl (C=O) groups excluding carboxylic acids is 3. The lowest BCUT2D eigenvalue weighted by molar-refractivity contribution is -0.156. The van der Waals surface area contributed by atoms with Crippen LogP contribution in [-0.2, 0) is 19.1 Å². The lowest BCUT2D eigenvalue weighted by Gasteiger charge is -2.31. The smallest absolute Gasteiger partial charge is 0.308 e. The van der Waals surface area contributed by atoms with Crippen molar-refractivity contribution in [3.8, 4) is 0 Å². The molecule has 32 heavy (non-hydrogen) atoms. The average molecular weight is 447 g/mol. The van der Waals surface area contributed by atoms with E-state index in [1.54, 1.807) is 32.9 Å². The quantitative estimate of drug-likeness (QED) is 0.307. The van der Waals surface area contributed by atoms with Gasteiger partial charge in [-0.2, -0.15) is 0 Å². The van der Waals surface area contributed by atoms with Crippen LogP contribution >= 0.6 is 0 Å². The minimum Gasteiger partial charge on any atom is -0.460 e. The Bertz CT molecular complexity index is 698. The van der Waals surface area contributed by atoms with Crippen LogP contribution in [0, 0.1) is 0 Å². The Hall–Kier alpha value is -2.37. The number of benzene rings is 1. The number of amides is 2. The van der Waals surface area contributed by atoms with Gasteiger partial charge in [-0.15, -0.1) is 0 Å². The molecule has 1 rings (SSSR count). The number of para-hydroxylation sites is 1. The first-order valence-electron chi connectivity index (χ1n) is 12.0. The number of hydrogen-bond donors (Lipinski definition) is 1. The summed E-state index contributed by atoms with van der Waals surface area (Å²) in [7, 11) is 1.51. The van der Waals surface area contributed by atoms with E-state index in [1.165, 1.54) is 44.1 Å². The van der Waals surface area contributed by atoms with Crippen molar-refractivity contribution in [2.45, 2.75) is 104 Å². The van der Waals surface area contributed by atoms with Crippen LogP contribution in [0.5, 0.6) is 0 Å². The molecule has 0 aliphatic carbocycles. The molecule has 0 unspecified atom stereocenters. The van der Waals surface area contributed by atoms with E-state index in [1.807, 2.05) is 18.2 Å². The zero-order chi connectivity index (χ0) is 24.0. The molecule has 0 fully saturated rings. The maximum atomic E-state index is 13.2. The highest BCUT2D eigenvalue weighted by Crippen LogP contribution is 2.22. The van der Waals surface area contributed by atoms with Crippen LogP contribution in [-0.4, -0.2) is 36.5 Å². The Morgan fingerprint density at radius 1 is 0.938 bits per heavy atom. The minimum absolute atomic E-state index is 0.153. The van der Waals surface area contributed by atoms with E-state index in [2.05, 4.69) is 12.2 Å². The fraction of sp³-hybridized carbons (Fsp3) is 0.654. The molecule has 0 aromatic heterocycles. The van der Waals surface area contributed by atoms with Crippen molar-refractivity contribution >= 4 is 23.5 Å². The van der Waals surface area contributed by atoms with Gasteiger partial charge >= 0.3 is 5.97 Å². The summed E-state index contributed by atoms with van der Waals surface area (Å²) in [4.78, 5) is 39.9. The molecule has 0 radical (unpaired) electrons. The first-order valence-corrected chi connectivity index (χ1v) is 12.0. The molecule has 0 saturated heterocycles. The van der Waals surface area contributed by atoms with Crippen LogP contribution in [0.15, 0.2) is 30.3 Å². The summed E-state index contributed by atoms with van der Waals surface area (Å²) in [5.41, 5.74) is -0.0579. The highest BCUT2D eigenvalue weighted by Gasteiger charge is 2.33. The van der Waals surface area contributed by atoms with Gasteiger partial charge in [0.15, 0.2) is 0 Å². The SMILES string of the molecule is CCCCCCCCCCC(=O)N(c1ccccc1)[C@H](CC(=O)OC(C)(C)C)C(=O)NC. The van der Waals surface area contributed by atoms with E-state index >= 15 is 0 Å². The van der Waals surface area contributed by atoms with Gasteiger partial charge in [0.2, 0.25) is 11.8 Å². The molecule has 6 nitrogen and oxygen atoms in total. The van der Waals surface area contributed by atoms with Crippen LogP contribution in [0.1, 0.15) is 91.9 Å². The molecule has 0 aliphatic heterocycles. The van der Waals surface area contributed by atoms with Crippen molar-refractivity contribution in [1.82, 2.24) is 5.32 Å². The first kappa shape index (κ1) is 27.7. The van der Waals surface area contributed by atoms with Crippen molar-refractivity contribution in [1.29, 1.82) is 0 Å². The maximum absolute atomic E-state index is 13.2. The Morgan fingerprint density at radius 3 is 2.03 bits per heavy atom. The van der Waals surface area contributed by atoms with Crippen LogP contribution in [0.4, 0.5) is 5.69 Å². The highest BCUT2D eigenvalue weighted by molar-refractivity contribution is 6.02. The molecule has 2 amide bonds. The molecule has 6 heteroatoms. The van der Waals surface area contributed by atoms with Gasteiger partial charge in [-0.1, -0.05) is 70.1 Å². The fourth-order valence-electron chi connectivity index (χ4n) is 3.63. The van der Waals surface area contributed by atoms with Crippen LogP contribution in [0.25, 0.3) is 0 Å². The van der Waals surface area contributed by atoms with Gasteiger partial charge in [0.1, 0.15) is 11.6 Å². The molecule has 0 spiro atoms. The van der Waals surface area contributed by atoms with E-state index in [0.717, 1.165) is 19.3 Å². The zero-order valence-corrected chi connectivity index (χ0v) is 20.6. The molecule has 1 aromatic rings. The first-order chi connectivity index (χ1) is 15.2. The number of rotatable bonds is 14. The van der Waals surface area contributed by atoms with Crippen LogP contribution in [0.3, 0.4) is 0 Å². The summed E-state index contributed by atoms with van der Waals surface area (Å²) in [6.07, 6.45) is 9.22. The second kappa shape index (κ2) is 14.6. The van der Waals surface area contributed by atoms with E-state index in [4.69, 9.17) is 4.74 Å². The number of nitrogens with one attached hydrogen (secondary N) is 1. The molecule has 0 aliphatic rings. The Morgan fingerprint density at radius 2 is 1.50 bits per heavy atom. The Balaban J connectivity index is 2.87. The van der Waals surface area contributed by atoms with Crippen molar-refractivity contribution < 1.29 is 19.1 Å². The molecule has 1 N–H and O–H groups in total. The fourth-order valence-corrected chi connectivity index (χ4v) is 3.63. The number of anilines is 1. The third-order valence-electron chi connectivity index (χ3n) is 5.19. The number of esters is 1. The maximum Gasteiger partial charge on any atom is 0.308 e. The van der Waals surface area contributed by atoms with Crippen LogP contribution in [0.2, 0.25) is 0 Å². The number of hydrogen-bond acceptors (Lipinski definition) is 4. The van der Waals surface area contributed by atoms with Gasteiger partial charge in [-0.3, -0.25) is 19.3 Å². The summed E-state index contributed by atoms with van der Waals surface area (Å²) in [6, 6.07) is 8.11. The molecular weight excluding hydrogens is 404 g/mol. The number of carbonyl (C=O) groups is 3. The summed E-state index contributed by atoms with van der Waals surface area (Å²) in [5, 5.41) is 2.60. The largest absolute Gasteiger partial charge is 0.460 e. The van der Waals surface area contributed by atoms with Gasteiger partial charge in [0, 0.05) is 19.2 Å². The monoisotopic (exact) mass is 446 g/mol. The number of likely N-dealkylation sites (N-methyl/N-ethyl adjacent to an activating group) is 1. The summed E-state index contributed by atoms with van der Waals surface area (Å²) in [6.45, 7) is 7.55. The second-order valence-corrected chi connectivity index (χ2v) is 9.24. The summed E-state index contributed by atoms with van der Waals surface area (Å²) < 4.78 is 5.43. The molecule has 0 bridgehead atoms. The van der Waals surface area contributed by atoms with E-state index in [0.29, 0.717) is 12.1 Å². The zero-order valence-electron chi connectivity index (χ0n) is 20.6. The molecule has 0 saturated carbocycles. The minimum atomic E-state index is -0.959. The van der Waals surface area contributed by atoms with Gasteiger partial charge in [-0.05, 0) is 39.3 Å². The third-order valence-corrected chi connectivity index (χ3v) is 5.19. The normalized spacial score (nSPS) is 12.2. The van der Waals surface area contributed by atoms with E-state index in [9.17, 15) is 14.4 Å². The van der Waals surface area contributed by atoms with E-state index < -0.39 is 17.6 Å². The predicted octanol–water partition coefficient (Wildman–Crippen LogP) is 5.40. The second-order valence-electron chi connectivity index (χ2n) is 9.24. The Labute approximate surface area is 194 Å². The highest BCUT2D eigenvalue weighted by atomic mass is 16.6. The summed E-state index contributed by atoms with van der Waals surface area (Å²) in [5.74, 6) is -1.05. The topological polar surface area (TPSA) is 75.7 Å². The van der Waals surface area contributed by atoms with Gasteiger partial charge in [-0.25, -0.2) is 0 Å². The van der Waals surface area contributed by atoms with E-state index in [-0.39, 0.29) is 18.2 Å². The van der Waals surface area contributed by atoms with Gasteiger partial charge in [0.25, 0.3) is 0 Å². The molecular formula is C26H42N2O4. The standard InChI is InChI=1S/C26H42N2O4/c1-6-7-8-9-10-11-12-16-19-23(29)28(21-17-14-13-15-18-21)22(25(31)27-5)20-24(30)32-26(2,3)4/h13-15,17-18,22H,6-12,16,19-20H2,1-5H3,(H,27,31)/t22-/m1/s1. The predicted molar refractivity (Wildman–Crippen MR) is 129 cm³/mol. The van der Waals surface area contributed by atoms with Crippen LogP contribution < -0.4 is 10.2 Å². The average Bonchev–Trinajstić information content (AvgIpc) is 2.74. The van der Waals surface area contributed by atoms with Crippen molar-refractivity contribution in [2.24, 2.45) is 0 Å². The molecule has 1 atom stereocenters. The van der Waals surface area contributed by atoms with Gasteiger partial charge in [0.05, 0.1) is 6.42 Å². The lowest BCUT2D eigenvalue weighted by atomic mass is 10.0. The number of ether oxygens (including phenoxy) is 1. The Kier molecular flexibility index (Phi) is 12.7. The number of nitrogens with zero attached hydrogens (tertiary/aromatic N) is 1. The van der Waals surface area contributed by atoms with Crippen molar-refractivity contribution in [3.05, 3.63) is 30.3 Å². The molecule has 1 aromatic carbocycles. The van der Waals surface area contributed by atoms with Gasteiger partial charge < -0.3 is 10.1 Å². The third kappa shape index (κ3) is 10.8. The number of unbranched alkanes of at least 4 members (excludes halogenated alkanes) is 7. The molecule has 0 heterocycles. The molecule has 180 valence electrons. The van der Waals surface area contributed by atoms with Crippen molar-refractivity contribution in [2.75, 3.05) is 11.9 Å². The summed E-state index contributed by atoms with van der Waals surface area (Å²) >= 11 is 0.